The molecule has 2 aromatic rings. The average molecular weight is 470 g/mol. The Labute approximate surface area is 179 Å². The zero-order chi connectivity index (χ0) is 21.0. The minimum atomic E-state index is -0.484. The fourth-order valence-corrected chi connectivity index (χ4v) is 5.07. The third kappa shape index (κ3) is 2.92. The minimum Gasteiger partial charge on any atom is -0.455 e. The van der Waals surface area contributed by atoms with Crippen LogP contribution in [0.4, 0.5) is 5.69 Å². The Bertz CT molecular complexity index is 1110. The molecule has 2 bridgehead atoms. The number of amides is 2. The van der Waals surface area contributed by atoms with Crippen molar-refractivity contribution in [2.75, 3.05) is 0 Å². The van der Waals surface area contributed by atoms with Crippen LogP contribution in [0.5, 0.6) is 0 Å². The number of carbonyl (C=O) groups excluding carboxylic acids is 2. The van der Waals surface area contributed by atoms with Crippen LogP contribution in [0.1, 0.15) is 18.6 Å². The second kappa shape index (κ2) is 7.02. The normalized spacial score (nSPS) is 27.3. The van der Waals surface area contributed by atoms with Gasteiger partial charge in [0.05, 0.1) is 28.5 Å². The Morgan fingerprint density at radius 3 is 2.37 bits per heavy atom. The van der Waals surface area contributed by atoms with E-state index in [1.54, 1.807) is 24.3 Å². The maximum atomic E-state index is 12.8. The first-order valence-electron chi connectivity index (χ1n) is 9.58. The van der Waals surface area contributed by atoms with E-state index in [9.17, 15) is 19.7 Å². The summed E-state index contributed by atoms with van der Waals surface area (Å²) in [7, 11) is 0. The number of nitro benzene ring substituents is 1. The van der Waals surface area contributed by atoms with Crippen LogP contribution in [0.25, 0.3) is 11.3 Å². The molecule has 2 fully saturated rings. The van der Waals surface area contributed by atoms with Crippen LogP contribution in [0.2, 0.25) is 0 Å². The van der Waals surface area contributed by atoms with Crippen LogP contribution in [-0.2, 0) is 9.59 Å². The van der Waals surface area contributed by atoms with Crippen LogP contribution >= 0.6 is 15.9 Å². The monoisotopic (exact) mass is 469 g/mol. The molecule has 0 radical (unpaired) electrons. The summed E-state index contributed by atoms with van der Waals surface area (Å²) in [6.07, 6.45) is 7.25. The third-order valence-corrected chi connectivity index (χ3v) is 6.58. The predicted molar refractivity (Wildman–Crippen MR) is 110 cm³/mol. The summed E-state index contributed by atoms with van der Waals surface area (Å²) in [5.74, 6) is -0.391. The summed E-state index contributed by atoms with van der Waals surface area (Å²) in [4.78, 5) is 36.4. The van der Waals surface area contributed by atoms with Gasteiger partial charge in [0.2, 0.25) is 0 Å². The molecule has 4 atom stereocenters. The summed E-state index contributed by atoms with van der Waals surface area (Å²) in [5, 5.41) is 16.4. The van der Waals surface area contributed by atoms with Gasteiger partial charge in [0, 0.05) is 10.5 Å². The topological polar surface area (TPSA) is 106 Å². The fourth-order valence-electron chi connectivity index (χ4n) is 4.72. The van der Waals surface area contributed by atoms with Crippen molar-refractivity contribution in [3.05, 3.63) is 62.8 Å². The first kappa shape index (κ1) is 18.9. The number of hydrogen-bond donors (Lipinski definition) is 0. The predicted octanol–water partition coefficient (Wildman–Crippen LogP) is 4.15. The number of fused-ring (bicyclic) bond motifs is 1. The Hall–Kier alpha value is -3.07. The molecule has 1 aliphatic heterocycles. The van der Waals surface area contributed by atoms with E-state index in [1.165, 1.54) is 12.3 Å². The van der Waals surface area contributed by atoms with Crippen molar-refractivity contribution < 1.29 is 18.9 Å². The molecule has 6 rings (SSSR count). The van der Waals surface area contributed by atoms with Gasteiger partial charge in [0.15, 0.2) is 0 Å². The molecule has 4 aliphatic rings. The summed E-state index contributed by atoms with van der Waals surface area (Å²) in [5.41, 5.74) is 0.226. The SMILES string of the molecule is O=C1[C@@H]2[C@H](C(=O)N1/N=C\c1ccc(-c3ccc(Br)cc3[N+](=O)[O-])o1)[C@H]1C=C[C@@H]2CC1. The van der Waals surface area contributed by atoms with Gasteiger partial charge >= 0.3 is 0 Å². The van der Waals surface area contributed by atoms with E-state index in [0.29, 0.717) is 21.6 Å². The maximum absolute atomic E-state index is 12.8. The zero-order valence-corrected chi connectivity index (χ0v) is 17.2. The van der Waals surface area contributed by atoms with Crippen molar-refractivity contribution in [3.8, 4) is 11.3 Å². The standard InChI is InChI=1S/C21H16BrN3O5/c22-13-5-7-15(16(9-13)25(28)29)17-8-6-14(30-17)10-23-24-20(26)18-11-1-2-12(4-3-11)19(18)21(24)27/h1-2,5-12,18-19H,3-4H2/b23-10-/t11-,12+,18+,19-. The van der Waals surface area contributed by atoms with E-state index in [0.717, 1.165) is 17.9 Å². The molecular formula is C21H16BrN3O5. The Morgan fingerprint density at radius 2 is 1.77 bits per heavy atom. The number of nitro groups is 1. The van der Waals surface area contributed by atoms with Crippen LogP contribution in [0, 0.1) is 33.8 Å². The number of nitrogens with zero attached hydrogens (tertiary/aromatic N) is 3. The maximum Gasteiger partial charge on any atom is 0.281 e. The highest BCUT2D eigenvalue weighted by Gasteiger charge is 2.56. The number of hydrazone groups is 1. The molecule has 3 aliphatic carbocycles. The Kier molecular flexibility index (Phi) is 4.43. The highest BCUT2D eigenvalue weighted by molar-refractivity contribution is 9.10. The van der Waals surface area contributed by atoms with E-state index in [-0.39, 0.29) is 41.2 Å². The molecule has 30 heavy (non-hydrogen) atoms. The summed E-state index contributed by atoms with van der Waals surface area (Å²) < 4.78 is 6.26. The number of carbonyl (C=O) groups is 2. The van der Waals surface area contributed by atoms with Gasteiger partial charge < -0.3 is 4.42 Å². The molecule has 0 spiro atoms. The highest BCUT2D eigenvalue weighted by Crippen LogP contribution is 2.49. The van der Waals surface area contributed by atoms with Gasteiger partial charge in [-0.25, -0.2) is 0 Å². The number of halogens is 1. The molecule has 2 amide bonds. The lowest BCUT2D eigenvalue weighted by Crippen LogP contribution is -2.38. The van der Waals surface area contributed by atoms with Gasteiger partial charge in [-0.05, 0) is 48.9 Å². The van der Waals surface area contributed by atoms with Crippen LogP contribution in [0.15, 0.2) is 56.5 Å². The lowest BCUT2D eigenvalue weighted by molar-refractivity contribution is -0.384. The molecule has 1 aromatic carbocycles. The van der Waals surface area contributed by atoms with Crippen molar-refractivity contribution in [2.45, 2.75) is 12.8 Å². The fraction of sp³-hybridized carbons (Fsp3) is 0.286. The minimum absolute atomic E-state index is 0.0980. The largest absolute Gasteiger partial charge is 0.455 e. The average Bonchev–Trinajstić information content (AvgIpc) is 3.31. The van der Waals surface area contributed by atoms with E-state index >= 15 is 0 Å². The van der Waals surface area contributed by atoms with Crippen molar-refractivity contribution in [1.29, 1.82) is 0 Å². The molecule has 8 nitrogen and oxygen atoms in total. The quantitative estimate of drug-likeness (QED) is 0.220. The second-order valence-corrected chi connectivity index (χ2v) is 8.61. The zero-order valence-electron chi connectivity index (χ0n) is 15.6. The number of furan rings is 1. The summed E-state index contributed by atoms with van der Waals surface area (Å²) >= 11 is 3.22. The van der Waals surface area contributed by atoms with Crippen LogP contribution < -0.4 is 0 Å². The molecular weight excluding hydrogens is 454 g/mol. The smallest absolute Gasteiger partial charge is 0.281 e. The second-order valence-electron chi connectivity index (χ2n) is 7.69. The van der Waals surface area contributed by atoms with Gasteiger partial charge in [-0.3, -0.25) is 19.7 Å². The lowest BCUT2D eigenvalue weighted by Gasteiger charge is -2.37. The first-order chi connectivity index (χ1) is 14.4. The van der Waals surface area contributed by atoms with Gasteiger partial charge in [0.25, 0.3) is 17.5 Å². The van der Waals surface area contributed by atoms with Crippen LogP contribution in [-0.4, -0.2) is 28.0 Å². The van der Waals surface area contributed by atoms with Gasteiger partial charge in [0.1, 0.15) is 11.5 Å². The van der Waals surface area contributed by atoms with E-state index in [2.05, 4.69) is 33.2 Å². The van der Waals surface area contributed by atoms with Gasteiger partial charge in [-0.1, -0.05) is 28.1 Å². The molecule has 1 aromatic heterocycles. The highest BCUT2D eigenvalue weighted by atomic mass is 79.9. The number of imide groups is 1. The molecule has 1 saturated carbocycles. The Balaban J connectivity index is 1.40. The van der Waals surface area contributed by atoms with Crippen molar-refractivity contribution in [2.24, 2.45) is 28.8 Å². The van der Waals surface area contributed by atoms with E-state index in [4.69, 9.17) is 4.42 Å². The number of rotatable bonds is 4. The number of allylic oxidation sites excluding steroid dienone is 2. The molecule has 2 heterocycles. The Morgan fingerprint density at radius 1 is 1.10 bits per heavy atom. The first-order valence-corrected chi connectivity index (χ1v) is 10.4. The van der Waals surface area contributed by atoms with Gasteiger partial charge in [-0.2, -0.15) is 10.1 Å². The third-order valence-electron chi connectivity index (χ3n) is 6.09. The van der Waals surface area contributed by atoms with Crippen molar-refractivity contribution in [3.63, 3.8) is 0 Å². The molecule has 9 heteroatoms. The van der Waals surface area contributed by atoms with Gasteiger partial charge in [-0.15, -0.1) is 0 Å². The van der Waals surface area contributed by atoms with Crippen LogP contribution in [0.3, 0.4) is 0 Å². The van der Waals surface area contributed by atoms with Crippen molar-refractivity contribution >= 4 is 39.6 Å². The molecule has 152 valence electrons. The molecule has 0 N–H and O–H groups in total. The molecule has 1 saturated heterocycles. The van der Waals surface area contributed by atoms with E-state index < -0.39 is 4.92 Å². The summed E-state index contributed by atoms with van der Waals surface area (Å²) in [6.45, 7) is 0. The van der Waals surface area contributed by atoms with E-state index in [1.807, 2.05) is 0 Å². The molecule has 0 unspecified atom stereocenters. The van der Waals surface area contributed by atoms with Crippen molar-refractivity contribution in [1.82, 2.24) is 5.01 Å². The number of hydrogen-bond acceptors (Lipinski definition) is 6. The lowest BCUT2D eigenvalue weighted by atomic mass is 9.63. The number of benzene rings is 1. The summed E-state index contributed by atoms with van der Waals surface area (Å²) in [6, 6.07) is 7.85.